The van der Waals surface area contributed by atoms with Crippen LogP contribution in [0.5, 0.6) is 0 Å². The van der Waals surface area contributed by atoms with E-state index in [9.17, 15) is 0 Å². The van der Waals surface area contributed by atoms with Gasteiger partial charge in [0.05, 0.1) is 16.8 Å². The molecule has 2 heterocycles. The van der Waals surface area contributed by atoms with Crippen LogP contribution in [0.3, 0.4) is 0 Å². The molecule has 3 heteroatoms. The van der Waals surface area contributed by atoms with Crippen LogP contribution in [0.25, 0.3) is 77.3 Å². The largest absolute Gasteiger partial charge is 0.456 e. The molecule has 0 atom stereocenters. The normalized spacial score (nSPS) is 11.5. The number of furan rings is 2. The summed E-state index contributed by atoms with van der Waals surface area (Å²) in [6, 6.07) is 66.3. The maximum atomic E-state index is 6.45. The van der Waals surface area contributed by atoms with Crippen molar-refractivity contribution >= 4 is 60.9 Å². The fourth-order valence-electron chi connectivity index (χ4n) is 7.57. The van der Waals surface area contributed by atoms with Crippen molar-refractivity contribution in [2.45, 2.75) is 0 Å². The second-order valence-electron chi connectivity index (χ2n) is 12.9. The van der Waals surface area contributed by atoms with Crippen LogP contribution in [0, 0.1) is 0 Å². The van der Waals surface area contributed by atoms with Crippen LogP contribution >= 0.6 is 0 Å². The van der Waals surface area contributed by atoms with E-state index < -0.39 is 0 Å². The van der Waals surface area contributed by atoms with Crippen LogP contribution in [-0.4, -0.2) is 0 Å². The molecule has 10 aromatic rings. The van der Waals surface area contributed by atoms with Crippen LogP contribution in [0.1, 0.15) is 0 Å². The van der Waals surface area contributed by atoms with E-state index in [-0.39, 0.29) is 0 Å². The number of rotatable bonds is 6. The minimum Gasteiger partial charge on any atom is -0.456 e. The summed E-state index contributed by atoms with van der Waals surface area (Å²) in [5.74, 6) is 0. The minimum atomic E-state index is 0.854. The Balaban J connectivity index is 1.28. The number of para-hydroxylation sites is 2. The monoisotopic (exact) mass is 653 g/mol. The summed E-state index contributed by atoms with van der Waals surface area (Å²) in [4.78, 5) is 2.41. The third-order valence-corrected chi connectivity index (χ3v) is 9.87. The molecule has 0 N–H and O–H groups in total. The minimum absolute atomic E-state index is 0.854. The van der Waals surface area contributed by atoms with Crippen molar-refractivity contribution in [2.24, 2.45) is 0 Å². The van der Waals surface area contributed by atoms with Crippen molar-refractivity contribution in [3.8, 4) is 33.4 Å². The van der Waals surface area contributed by atoms with Crippen molar-refractivity contribution in [2.75, 3.05) is 4.90 Å². The Morgan fingerprint density at radius 2 is 0.922 bits per heavy atom. The second kappa shape index (κ2) is 11.9. The van der Waals surface area contributed by atoms with Crippen LogP contribution < -0.4 is 4.90 Å². The van der Waals surface area contributed by atoms with Crippen LogP contribution in [0.15, 0.2) is 197 Å². The highest BCUT2D eigenvalue weighted by molar-refractivity contribution is 6.14. The highest BCUT2D eigenvalue weighted by atomic mass is 16.3. The Labute approximate surface area is 295 Å². The summed E-state index contributed by atoms with van der Waals surface area (Å²) < 4.78 is 12.7. The maximum absolute atomic E-state index is 6.45. The lowest BCUT2D eigenvalue weighted by Gasteiger charge is -2.30. The summed E-state index contributed by atoms with van der Waals surface area (Å²) >= 11 is 0. The van der Waals surface area contributed by atoms with E-state index in [0.29, 0.717) is 0 Å². The molecule has 0 aliphatic heterocycles. The first-order valence-electron chi connectivity index (χ1n) is 17.3. The Morgan fingerprint density at radius 3 is 1.75 bits per heavy atom. The molecule has 0 aliphatic carbocycles. The van der Waals surface area contributed by atoms with Gasteiger partial charge in [0.25, 0.3) is 0 Å². The van der Waals surface area contributed by atoms with Gasteiger partial charge in [-0.05, 0) is 82.4 Å². The molecule has 0 fully saturated rings. The molecular formula is C48H31NO2. The van der Waals surface area contributed by atoms with Crippen molar-refractivity contribution in [3.63, 3.8) is 0 Å². The van der Waals surface area contributed by atoms with Gasteiger partial charge in [-0.3, -0.25) is 0 Å². The van der Waals surface area contributed by atoms with Crippen LogP contribution in [0.4, 0.5) is 17.1 Å². The van der Waals surface area contributed by atoms with Gasteiger partial charge in [0, 0.05) is 27.4 Å². The number of anilines is 3. The van der Waals surface area contributed by atoms with Gasteiger partial charge in [-0.1, -0.05) is 133 Å². The summed E-state index contributed by atoms with van der Waals surface area (Å²) in [5.41, 5.74) is 13.5. The molecular weight excluding hydrogens is 623 g/mol. The van der Waals surface area contributed by atoms with Gasteiger partial charge in [-0.2, -0.15) is 0 Å². The number of benzene rings is 8. The average molecular weight is 654 g/mol. The zero-order chi connectivity index (χ0) is 33.7. The molecule has 3 nitrogen and oxygen atoms in total. The van der Waals surface area contributed by atoms with Gasteiger partial charge in [-0.15, -0.1) is 0 Å². The number of nitrogens with zero attached hydrogens (tertiary/aromatic N) is 1. The average Bonchev–Trinajstić information content (AvgIpc) is 3.77. The Kier molecular flexibility index (Phi) is 6.81. The zero-order valence-electron chi connectivity index (χ0n) is 27.7. The SMILES string of the molecule is c1ccc(-c2cccc(N(c3cccc(-c4ccc5oc6ccccc6c5c4)c3-c3ccccc3)c3cccc4oc5ccccc5c34)c2)cc1. The van der Waals surface area contributed by atoms with E-state index in [4.69, 9.17) is 8.83 Å². The summed E-state index contributed by atoms with van der Waals surface area (Å²) in [6.07, 6.45) is 0. The fourth-order valence-corrected chi connectivity index (χ4v) is 7.57. The first-order valence-corrected chi connectivity index (χ1v) is 17.3. The third-order valence-electron chi connectivity index (χ3n) is 9.87. The lowest BCUT2D eigenvalue weighted by molar-refractivity contribution is 0.668. The number of hydrogen-bond acceptors (Lipinski definition) is 3. The quantitative estimate of drug-likeness (QED) is 0.179. The van der Waals surface area contributed by atoms with E-state index in [1.807, 2.05) is 24.3 Å². The van der Waals surface area contributed by atoms with Crippen LogP contribution in [0.2, 0.25) is 0 Å². The van der Waals surface area contributed by atoms with Crippen LogP contribution in [-0.2, 0) is 0 Å². The molecule has 0 bridgehead atoms. The molecule has 2 aromatic heterocycles. The first kappa shape index (κ1) is 29.1. The molecule has 0 unspecified atom stereocenters. The lowest BCUT2D eigenvalue weighted by Crippen LogP contribution is -2.12. The first-order chi connectivity index (χ1) is 25.3. The van der Waals surface area contributed by atoms with Crippen molar-refractivity contribution in [1.29, 1.82) is 0 Å². The van der Waals surface area contributed by atoms with E-state index in [1.54, 1.807) is 0 Å². The molecule has 0 saturated heterocycles. The Morgan fingerprint density at radius 1 is 0.333 bits per heavy atom. The molecule has 51 heavy (non-hydrogen) atoms. The second-order valence-corrected chi connectivity index (χ2v) is 12.9. The fraction of sp³-hybridized carbons (Fsp3) is 0. The predicted molar refractivity (Wildman–Crippen MR) is 212 cm³/mol. The molecule has 0 amide bonds. The zero-order valence-corrected chi connectivity index (χ0v) is 27.7. The van der Waals surface area contributed by atoms with E-state index >= 15 is 0 Å². The topological polar surface area (TPSA) is 29.5 Å². The van der Waals surface area contributed by atoms with Gasteiger partial charge >= 0.3 is 0 Å². The third kappa shape index (κ3) is 4.90. The molecule has 8 aromatic carbocycles. The van der Waals surface area contributed by atoms with Crippen molar-refractivity contribution in [1.82, 2.24) is 0 Å². The molecule has 0 spiro atoms. The smallest absolute Gasteiger partial charge is 0.137 e. The Bertz CT molecular complexity index is 2860. The molecule has 0 aliphatic rings. The molecule has 0 radical (unpaired) electrons. The number of fused-ring (bicyclic) bond motifs is 6. The van der Waals surface area contributed by atoms with E-state index in [0.717, 1.165) is 88.8 Å². The van der Waals surface area contributed by atoms with Gasteiger partial charge in [0.15, 0.2) is 0 Å². The lowest BCUT2D eigenvalue weighted by atomic mass is 9.91. The number of hydrogen-bond donors (Lipinski definition) is 0. The maximum Gasteiger partial charge on any atom is 0.137 e. The van der Waals surface area contributed by atoms with Gasteiger partial charge < -0.3 is 13.7 Å². The Hall–Kier alpha value is -6.84. The summed E-state index contributed by atoms with van der Waals surface area (Å²) in [5, 5.41) is 4.38. The predicted octanol–water partition coefficient (Wildman–Crippen LogP) is 14.0. The standard InChI is InChI=1S/C48H31NO2/c1-3-14-32(15-4-1)34-18-11-19-36(30-34)49(42-24-13-27-46-48(42)39-21-8-10-26-44(39)51-46)41-23-12-22-37(47(41)33-16-5-2-6-17-33)35-28-29-45-40(31-35)38-20-7-9-25-43(38)50-45/h1-31H. The molecule has 240 valence electrons. The van der Waals surface area contributed by atoms with Gasteiger partial charge in [-0.25, -0.2) is 0 Å². The molecule has 0 saturated carbocycles. The van der Waals surface area contributed by atoms with Crippen molar-refractivity contribution in [3.05, 3.63) is 188 Å². The highest BCUT2D eigenvalue weighted by Gasteiger charge is 2.24. The summed E-state index contributed by atoms with van der Waals surface area (Å²) in [6.45, 7) is 0. The van der Waals surface area contributed by atoms with Gasteiger partial charge in [0.2, 0.25) is 0 Å². The van der Waals surface area contributed by atoms with E-state index in [2.05, 4.69) is 169 Å². The summed E-state index contributed by atoms with van der Waals surface area (Å²) in [7, 11) is 0. The van der Waals surface area contributed by atoms with E-state index in [1.165, 1.54) is 5.56 Å². The van der Waals surface area contributed by atoms with Crippen molar-refractivity contribution < 1.29 is 8.83 Å². The molecule has 10 rings (SSSR count). The van der Waals surface area contributed by atoms with Gasteiger partial charge in [0.1, 0.15) is 22.3 Å². The highest BCUT2D eigenvalue weighted by Crippen LogP contribution is 2.49.